The van der Waals surface area contributed by atoms with E-state index in [0.717, 1.165) is 206 Å². The second-order valence-electron chi connectivity index (χ2n) is 38.6. The molecule has 16 heterocycles. The van der Waals surface area contributed by atoms with Crippen molar-refractivity contribution in [2.45, 2.75) is 51.4 Å². The molecule has 0 fully saturated rings. The Hall–Kier alpha value is -18.3. The second kappa shape index (κ2) is 27.7. The van der Waals surface area contributed by atoms with E-state index in [9.17, 15) is 0 Å². The van der Waals surface area contributed by atoms with Crippen molar-refractivity contribution in [2.24, 2.45) is 0 Å². The van der Waals surface area contributed by atoms with E-state index in [1.807, 2.05) is 98.4 Å². The molecule has 0 unspecified atom stereocenters. The van der Waals surface area contributed by atoms with Gasteiger partial charge in [0.05, 0.1) is 49.7 Å². The quantitative estimate of drug-likeness (QED) is 0.132. The van der Waals surface area contributed by atoms with Crippen LogP contribution in [-0.2, 0) is 51.4 Å². The van der Waals surface area contributed by atoms with Gasteiger partial charge in [-0.05, 0) is 316 Å². The lowest BCUT2D eigenvalue weighted by molar-refractivity contribution is 1.16. The van der Waals surface area contributed by atoms with Crippen LogP contribution in [0.3, 0.4) is 0 Å². The maximum absolute atomic E-state index is 5.14. The van der Waals surface area contributed by atoms with Gasteiger partial charge < -0.3 is 0 Å². The molecule has 16 nitrogen and oxygen atoms in total. The number of rotatable bonds is 0. The summed E-state index contributed by atoms with van der Waals surface area (Å²) in [4.78, 5) is 58.2. The molecule has 0 N–H and O–H groups in total. The minimum atomic E-state index is 0.872. The molecule has 0 saturated heterocycles. The predicted molar refractivity (Wildman–Crippen MR) is 559 cm³/mol. The third-order valence-corrected chi connectivity index (χ3v) is 31.9. The summed E-state index contributed by atoms with van der Waals surface area (Å²) in [6.45, 7) is 0. The molecule has 140 heavy (non-hydrogen) atoms. The Bertz CT molecular complexity index is 9460. The molecule has 0 saturated carbocycles. The average Bonchev–Trinajstić information content (AvgIpc) is 1.55. The third kappa shape index (κ3) is 10.1. The third-order valence-electron chi connectivity index (χ3n) is 31.9. The molecule has 0 amide bonds. The lowest BCUT2D eigenvalue weighted by atomic mass is 9.96. The Balaban J connectivity index is 0.0000000829. The van der Waals surface area contributed by atoms with Crippen LogP contribution in [-0.4, -0.2) is 77.4 Å². The van der Waals surface area contributed by atoms with Crippen LogP contribution in [0.5, 0.6) is 0 Å². The van der Waals surface area contributed by atoms with Gasteiger partial charge in [-0.1, -0.05) is 176 Å². The van der Waals surface area contributed by atoms with Gasteiger partial charge in [-0.25, -0.2) is 39.9 Å². The molecule has 36 rings (SSSR count). The van der Waals surface area contributed by atoms with Crippen molar-refractivity contribution in [1.82, 2.24) is 77.4 Å². The van der Waals surface area contributed by atoms with Gasteiger partial charge in [0.25, 0.3) is 0 Å². The molecular formula is C124H72N16. The van der Waals surface area contributed by atoms with Gasteiger partial charge in [-0.3, -0.25) is 37.5 Å². The second-order valence-corrected chi connectivity index (χ2v) is 38.6. The number of pyridine rings is 12. The number of benzene rings is 12. The molecule has 0 radical (unpaired) electrons. The zero-order valence-corrected chi connectivity index (χ0v) is 75.1. The van der Waals surface area contributed by atoms with Crippen molar-refractivity contribution in [3.8, 4) is 89.0 Å². The van der Waals surface area contributed by atoms with Crippen molar-refractivity contribution in [3.63, 3.8) is 0 Å². The van der Waals surface area contributed by atoms with Gasteiger partial charge in [0, 0.05) is 133 Å². The van der Waals surface area contributed by atoms with Crippen molar-refractivity contribution in [1.29, 1.82) is 0 Å². The molecule has 0 atom stereocenters. The zero-order chi connectivity index (χ0) is 90.7. The number of imidazole rings is 4. The van der Waals surface area contributed by atoms with Crippen LogP contribution < -0.4 is 0 Å². The van der Waals surface area contributed by atoms with Crippen molar-refractivity contribution in [3.05, 3.63) is 430 Å². The van der Waals surface area contributed by atoms with Crippen molar-refractivity contribution in [2.75, 3.05) is 0 Å². The summed E-state index contributed by atoms with van der Waals surface area (Å²) >= 11 is 0. The van der Waals surface area contributed by atoms with Crippen LogP contribution in [0, 0.1) is 0 Å². The van der Waals surface area contributed by atoms with Crippen LogP contribution in [0.25, 0.3) is 243 Å². The van der Waals surface area contributed by atoms with E-state index in [0.29, 0.717) is 0 Å². The monoisotopic (exact) mass is 1780 g/mol. The highest BCUT2D eigenvalue weighted by molar-refractivity contribution is 6.19. The van der Waals surface area contributed by atoms with Crippen LogP contribution >= 0.6 is 0 Å². The Morgan fingerprint density at radius 3 is 0.843 bits per heavy atom. The highest BCUT2D eigenvalue weighted by atomic mass is 15.1. The fourth-order valence-electron chi connectivity index (χ4n) is 26.1. The standard InChI is InChI=1S/4C31H18N4/c1-2-6-19-17(5-1)15-24-20(19)10-11-21-25(24)16-18-9-12-26-29(27(18)21)35-30-22(7-4-14-33-30)28-23(31(35)34-26)8-3-13-32-28;1-2-6-19-17(5-1)15-24-20(19)10-11-21-25(24)16-18-9-12-26-29(27(18)21)35-30-23(8-4-14-33-30)22-7-3-13-32-28(22)31(35)34-26;1-2-5-19-17(4-1)14-24-20(19)8-9-22-25(24)15-18-7-10-27-29(28(18)22)35-30-23(6-3-12-33-30)21-11-13-32-16-26(21)31(35)34-27;1-2-5-19-17(4-1)14-24-20(19)8-9-21-25(24)15-18-7-10-27-29(28(18)21)35-30-22(6-3-12-33-30)26-16-32-13-11-23(26)31(35)34-27/h2*1-14H,15-16H2;2*1-13,16H,14-15H2. The average molecular weight is 1790 g/mol. The highest BCUT2D eigenvalue weighted by Crippen LogP contribution is 2.56. The molecular weight excluding hydrogens is 1710 g/mol. The van der Waals surface area contributed by atoms with E-state index >= 15 is 0 Å². The highest BCUT2D eigenvalue weighted by Gasteiger charge is 2.38. The number of hydrogen-bond donors (Lipinski definition) is 0. The van der Waals surface area contributed by atoms with Gasteiger partial charge in [0.1, 0.15) is 45.0 Å². The number of fused-ring (bicyclic) bond motifs is 64. The van der Waals surface area contributed by atoms with Crippen molar-refractivity contribution >= 4 is 154 Å². The summed E-state index contributed by atoms with van der Waals surface area (Å²) < 4.78 is 9.06. The van der Waals surface area contributed by atoms with E-state index in [1.165, 1.54) is 178 Å². The Morgan fingerprint density at radius 1 is 0.164 bits per heavy atom. The lowest BCUT2D eigenvalue weighted by Crippen LogP contribution is -1.96. The summed E-state index contributed by atoms with van der Waals surface area (Å²) in [5, 5.41) is 10.9. The Morgan fingerprint density at radius 2 is 0.436 bits per heavy atom. The molecule has 0 bridgehead atoms. The van der Waals surface area contributed by atoms with Gasteiger partial charge in [0.2, 0.25) is 0 Å². The van der Waals surface area contributed by atoms with Gasteiger partial charge in [0.15, 0.2) is 5.65 Å². The molecule has 16 aromatic heterocycles. The molecule has 0 aliphatic heterocycles. The molecule has 12 aromatic carbocycles. The first kappa shape index (κ1) is 75.1. The summed E-state index contributed by atoms with van der Waals surface area (Å²) in [6.07, 6.45) is 26.7. The van der Waals surface area contributed by atoms with Crippen molar-refractivity contribution < 1.29 is 0 Å². The van der Waals surface area contributed by atoms with Gasteiger partial charge in [-0.15, -0.1) is 0 Å². The topological polar surface area (TPSA) is 172 Å². The number of hydrogen-bond acceptors (Lipinski definition) is 12. The minimum Gasteiger partial charge on any atom is -0.275 e. The molecule has 28 aromatic rings. The largest absolute Gasteiger partial charge is 0.275 e. The maximum Gasteiger partial charge on any atom is 0.166 e. The summed E-state index contributed by atoms with van der Waals surface area (Å²) in [5.41, 5.74) is 62.6. The first-order chi connectivity index (χ1) is 69.5. The first-order valence-electron chi connectivity index (χ1n) is 48.2. The van der Waals surface area contributed by atoms with E-state index < -0.39 is 0 Å². The molecule has 0 spiro atoms. The zero-order valence-electron chi connectivity index (χ0n) is 75.1. The fraction of sp³-hybridized carbons (Fsp3) is 0.0645. The van der Waals surface area contributed by atoms with Crippen LogP contribution in [0.1, 0.15) is 89.0 Å². The number of aromatic nitrogens is 16. The SMILES string of the molecule is c1ccc2c(c1)Cc1c-2ccc2c1Cc1ccc3nc4c5cccnc5c5cccnc5n4c3c1-2.c1ccc2c(c1)Cc1c-2ccc2c1Cc1ccc3nc4c5ccncc5c5cccnc5n4c3c1-2.c1ccc2c(c1)Cc1c-2ccc2c1Cc1ccc3nc4c5cnccc5c5cccnc5n4c3c1-2.c1ccc2c(c1)Cc1c-2ccc2c1Cc1ccc3nc4c5ncccc5c5cccnc5n4c3c1-2. The van der Waals surface area contributed by atoms with E-state index in [4.69, 9.17) is 49.8 Å². The van der Waals surface area contributed by atoms with Crippen LogP contribution in [0.15, 0.2) is 341 Å². The fourth-order valence-corrected chi connectivity index (χ4v) is 26.1. The molecule has 648 valence electrons. The summed E-state index contributed by atoms with van der Waals surface area (Å²) in [7, 11) is 0. The van der Waals surface area contributed by atoms with Gasteiger partial charge in [-0.2, -0.15) is 0 Å². The first-order valence-corrected chi connectivity index (χ1v) is 48.2. The van der Waals surface area contributed by atoms with E-state index in [2.05, 4.69) is 270 Å². The molecule has 8 aliphatic rings. The van der Waals surface area contributed by atoms with Crippen LogP contribution in [0.2, 0.25) is 0 Å². The van der Waals surface area contributed by atoms with Gasteiger partial charge >= 0.3 is 0 Å². The Labute approximate surface area is 796 Å². The predicted octanol–water partition coefficient (Wildman–Crippen LogP) is 26.9. The smallest absolute Gasteiger partial charge is 0.166 e. The normalized spacial score (nSPS) is 13.5. The maximum atomic E-state index is 5.14. The number of nitrogens with zero attached hydrogens (tertiary/aromatic N) is 16. The minimum absolute atomic E-state index is 0.872. The molecule has 16 heteroatoms. The lowest BCUT2D eigenvalue weighted by Gasteiger charge is -2.10. The molecule has 8 aliphatic carbocycles. The van der Waals surface area contributed by atoms with E-state index in [1.54, 1.807) is 0 Å². The van der Waals surface area contributed by atoms with Crippen LogP contribution in [0.4, 0.5) is 0 Å². The summed E-state index contributed by atoms with van der Waals surface area (Å²) in [5.74, 6) is 0. The Kier molecular flexibility index (Phi) is 14.9. The summed E-state index contributed by atoms with van der Waals surface area (Å²) in [6, 6.07) is 101. The van der Waals surface area contributed by atoms with E-state index in [-0.39, 0.29) is 0 Å².